The van der Waals surface area contributed by atoms with Crippen LogP contribution in [0.3, 0.4) is 0 Å². The summed E-state index contributed by atoms with van der Waals surface area (Å²) >= 11 is 0. The van der Waals surface area contributed by atoms with E-state index < -0.39 is 0 Å². The third kappa shape index (κ3) is 5.45. The number of furan rings is 1. The molecule has 5 nitrogen and oxygen atoms in total. The van der Waals surface area contributed by atoms with Crippen LogP contribution in [-0.2, 0) is 6.42 Å². The Morgan fingerprint density at radius 3 is 1.89 bits per heavy atom. The second kappa shape index (κ2) is 12.7. The van der Waals surface area contributed by atoms with Crippen molar-refractivity contribution in [2.75, 3.05) is 0 Å². The third-order valence-electron chi connectivity index (χ3n) is 10.1. The maximum absolute atomic E-state index is 6.24. The van der Waals surface area contributed by atoms with E-state index in [0.717, 1.165) is 79.3 Å². The average molecular weight is 683 g/mol. The molecular formula is C48H34N4O. The Hall–Kier alpha value is -6.85. The molecule has 0 spiro atoms. The number of nitrogens with zero attached hydrogens (tertiary/aromatic N) is 4. The molecule has 0 aliphatic heterocycles. The van der Waals surface area contributed by atoms with Crippen molar-refractivity contribution in [1.82, 2.24) is 19.5 Å². The van der Waals surface area contributed by atoms with Crippen LogP contribution in [0.2, 0.25) is 0 Å². The molecule has 252 valence electrons. The second-order valence-corrected chi connectivity index (χ2v) is 13.6. The molecule has 0 aliphatic rings. The standard InChI is InChI=1S/C48H34N4O/c1-2-12-31-13-10-16-35(27-31)47-49-46(32-14-4-3-5-15-32)50-48(51-47)36-17-11-18-37(28-36)52-42-21-8-6-19-38(42)41-29-33(24-26-43(41)52)34-23-25-40-39-20-7-9-22-44(39)53-45(40)30-34/h3-11,13-30H,2,12H2,1H3. The van der Waals surface area contributed by atoms with E-state index in [-0.39, 0.29) is 0 Å². The summed E-state index contributed by atoms with van der Waals surface area (Å²) in [7, 11) is 0. The van der Waals surface area contributed by atoms with E-state index >= 15 is 0 Å². The highest BCUT2D eigenvalue weighted by Gasteiger charge is 2.17. The SMILES string of the molecule is CCCc1cccc(-c2nc(-c3ccccc3)nc(-c3cccc(-n4c5ccccc5c5cc(-c6ccc7c(c6)oc6ccccc67)ccc54)c3)n2)c1. The Kier molecular flexibility index (Phi) is 7.43. The number of para-hydroxylation sites is 2. The van der Waals surface area contributed by atoms with Gasteiger partial charge >= 0.3 is 0 Å². The smallest absolute Gasteiger partial charge is 0.164 e. The molecule has 0 radical (unpaired) electrons. The van der Waals surface area contributed by atoms with Gasteiger partial charge in [-0.15, -0.1) is 0 Å². The van der Waals surface area contributed by atoms with Gasteiger partial charge in [0.05, 0.1) is 11.0 Å². The normalized spacial score (nSPS) is 11.6. The van der Waals surface area contributed by atoms with E-state index in [0.29, 0.717) is 17.5 Å². The van der Waals surface area contributed by atoms with Crippen LogP contribution in [0.15, 0.2) is 168 Å². The molecule has 0 atom stereocenters. The van der Waals surface area contributed by atoms with Crippen LogP contribution < -0.4 is 0 Å². The quantitative estimate of drug-likeness (QED) is 0.168. The highest BCUT2D eigenvalue weighted by molar-refractivity contribution is 6.11. The van der Waals surface area contributed by atoms with Gasteiger partial charge in [-0.25, -0.2) is 15.0 Å². The molecule has 0 saturated heterocycles. The minimum atomic E-state index is 0.639. The van der Waals surface area contributed by atoms with Crippen LogP contribution in [0, 0.1) is 0 Å². The Labute approximate surface area is 306 Å². The van der Waals surface area contributed by atoms with Crippen molar-refractivity contribution in [2.45, 2.75) is 19.8 Å². The Morgan fingerprint density at radius 1 is 0.434 bits per heavy atom. The first-order valence-corrected chi connectivity index (χ1v) is 18.2. The van der Waals surface area contributed by atoms with E-state index in [2.05, 4.69) is 133 Å². The van der Waals surface area contributed by atoms with E-state index in [4.69, 9.17) is 19.4 Å². The third-order valence-corrected chi connectivity index (χ3v) is 10.1. The zero-order chi connectivity index (χ0) is 35.3. The molecule has 0 amide bonds. The fraction of sp³-hybridized carbons (Fsp3) is 0.0625. The summed E-state index contributed by atoms with van der Waals surface area (Å²) in [5.41, 5.74) is 11.5. The fourth-order valence-electron chi connectivity index (χ4n) is 7.63. The summed E-state index contributed by atoms with van der Waals surface area (Å²) < 4.78 is 8.59. The number of fused-ring (bicyclic) bond motifs is 6. The van der Waals surface area contributed by atoms with Gasteiger partial charge in [0, 0.05) is 43.9 Å². The molecule has 0 bridgehead atoms. The van der Waals surface area contributed by atoms with Crippen LogP contribution in [-0.4, -0.2) is 19.5 Å². The number of benzene rings is 7. The molecule has 3 heterocycles. The van der Waals surface area contributed by atoms with Gasteiger partial charge in [0.25, 0.3) is 0 Å². The fourth-order valence-corrected chi connectivity index (χ4v) is 7.63. The lowest BCUT2D eigenvalue weighted by molar-refractivity contribution is 0.669. The predicted octanol–water partition coefficient (Wildman–Crippen LogP) is 12.5. The van der Waals surface area contributed by atoms with E-state index in [1.807, 2.05) is 42.5 Å². The van der Waals surface area contributed by atoms with Crippen molar-refractivity contribution in [3.63, 3.8) is 0 Å². The monoisotopic (exact) mass is 682 g/mol. The van der Waals surface area contributed by atoms with Crippen molar-refractivity contribution in [3.8, 4) is 51.0 Å². The summed E-state index contributed by atoms with van der Waals surface area (Å²) in [6.45, 7) is 2.20. The first kappa shape index (κ1) is 30.9. The van der Waals surface area contributed by atoms with Gasteiger partial charge in [0.1, 0.15) is 11.2 Å². The van der Waals surface area contributed by atoms with Crippen LogP contribution >= 0.6 is 0 Å². The van der Waals surface area contributed by atoms with Gasteiger partial charge in [-0.2, -0.15) is 0 Å². The van der Waals surface area contributed by atoms with Crippen molar-refractivity contribution >= 4 is 43.7 Å². The lowest BCUT2D eigenvalue weighted by Crippen LogP contribution is -2.01. The van der Waals surface area contributed by atoms with Crippen molar-refractivity contribution in [1.29, 1.82) is 0 Å². The minimum Gasteiger partial charge on any atom is -0.456 e. The maximum Gasteiger partial charge on any atom is 0.164 e. The molecule has 5 heteroatoms. The Bertz CT molecular complexity index is 2970. The number of rotatable bonds is 7. The summed E-state index contributed by atoms with van der Waals surface area (Å²) in [5, 5.41) is 4.66. The van der Waals surface area contributed by atoms with E-state index in [1.165, 1.54) is 16.3 Å². The highest BCUT2D eigenvalue weighted by atomic mass is 16.3. The number of hydrogen-bond acceptors (Lipinski definition) is 4. The first-order chi connectivity index (χ1) is 26.2. The Morgan fingerprint density at radius 2 is 1.06 bits per heavy atom. The van der Waals surface area contributed by atoms with Crippen molar-refractivity contribution in [3.05, 3.63) is 169 Å². The minimum absolute atomic E-state index is 0.639. The summed E-state index contributed by atoms with van der Waals surface area (Å²) in [6, 6.07) is 57.4. The van der Waals surface area contributed by atoms with Crippen LogP contribution in [0.4, 0.5) is 0 Å². The van der Waals surface area contributed by atoms with Crippen LogP contribution in [0.1, 0.15) is 18.9 Å². The average Bonchev–Trinajstić information content (AvgIpc) is 3.76. The van der Waals surface area contributed by atoms with Crippen molar-refractivity contribution < 1.29 is 4.42 Å². The summed E-state index contributed by atoms with van der Waals surface area (Å²) in [4.78, 5) is 15.1. The Balaban J connectivity index is 1.10. The van der Waals surface area contributed by atoms with E-state index in [9.17, 15) is 0 Å². The lowest BCUT2D eigenvalue weighted by atomic mass is 10.0. The molecule has 10 aromatic rings. The van der Waals surface area contributed by atoms with Crippen molar-refractivity contribution in [2.24, 2.45) is 0 Å². The molecule has 3 aromatic heterocycles. The van der Waals surface area contributed by atoms with Gasteiger partial charge in [0.15, 0.2) is 17.5 Å². The molecule has 0 aliphatic carbocycles. The molecule has 0 unspecified atom stereocenters. The van der Waals surface area contributed by atoms with Gasteiger partial charge in [-0.05, 0) is 77.7 Å². The van der Waals surface area contributed by atoms with Gasteiger partial charge in [0.2, 0.25) is 0 Å². The molecular weight excluding hydrogens is 649 g/mol. The number of aryl methyl sites for hydroxylation is 1. The molecule has 10 rings (SSSR count). The molecule has 0 fully saturated rings. The topological polar surface area (TPSA) is 56.7 Å². The second-order valence-electron chi connectivity index (χ2n) is 13.6. The van der Waals surface area contributed by atoms with Gasteiger partial charge in [-0.3, -0.25) is 0 Å². The number of hydrogen-bond donors (Lipinski definition) is 0. The molecule has 0 N–H and O–H groups in total. The zero-order valence-electron chi connectivity index (χ0n) is 29.2. The molecule has 0 saturated carbocycles. The van der Waals surface area contributed by atoms with Gasteiger partial charge in [-0.1, -0.05) is 123 Å². The maximum atomic E-state index is 6.24. The van der Waals surface area contributed by atoms with Crippen LogP contribution in [0.5, 0.6) is 0 Å². The van der Waals surface area contributed by atoms with Crippen LogP contribution in [0.25, 0.3) is 94.7 Å². The lowest BCUT2D eigenvalue weighted by Gasteiger charge is -2.12. The first-order valence-electron chi connectivity index (χ1n) is 18.2. The zero-order valence-corrected chi connectivity index (χ0v) is 29.2. The number of aromatic nitrogens is 4. The van der Waals surface area contributed by atoms with E-state index in [1.54, 1.807) is 0 Å². The van der Waals surface area contributed by atoms with Gasteiger partial charge < -0.3 is 8.98 Å². The highest BCUT2D eigenvalue weighted by Crippen LogP contribution is 2.38. The largest absolute Gasteiger partial charge is 0.456 e. The molecule has 53 heavy (non-hydrogen) atoms. The summed E-state index contributed by atoms with van der Waals surface area (Å²) in [5.74, 6) is 1.96. The summed E-state index contributed by atoms with van der Waals surface area (Å²) in [6.07, 6.45) is 2.09. The predicted molar refractivity (Wildman–Crippen MR) is 217 cm³/mol. The molecule has 7 aromatic carbocycles.